The van der Waals surface area contributed by atoms with Crippen LogP contribution in [0.3, 0.4) is 0 Å². The number of unbranched alkanes of at least 4 members (excludes halogenated alkanes) is 4. The average molecular weight is 475 g/mol. The molecule has 0 saturated carbocycles. The molecule has 3 aromatic rings. The zero-order valence-electron chi connectivity index (χ0n) is 19.6. The van der Waals surface area contributed by atoms with Gasteiger partial charge in [-0.3, -0.25) is 0 Å². The van der Waals surface area contributed by atoms with Crippen molar-refractivity contribution in [2.24, 2.45) is 5.10 Å². The maximum Gasteiger partial charge on any atom is 0.213 e. The zero-order valence-corrected chi connectivity index (χ0v) is 20.4. The molecule has 0 amide bonds. The van der Waals surface area contributed by atoms with Gasteiger partial charge >= 0.3 is 0 Å². The third kappa shape index (κ3) is 4.92. The summed E-state index contributed by atoms with van der Waals surface area (Å²) in [7, 11) is 0. The predicted molar refractivity (Wildman–Crippen MR) is 138 cm³/mol. The van der Waals surface area contributed by atoms with E-state index in [0.29, 0.717) is 5.02 Å². The van der Waals surface area contributed by atoms with Crippen LogP contribution in [0.4, 0.5) is 0 Å². The minimum absolute atomic E-state index is 0.0849. The second-order valence-electron chi connectivity index (χ2n) is 9.00. The molecule has 5 heteroatoms. The molecule has 176 valence electrons. The maximum atomic E-state index is 6.47. The quantitative estimate of drug-likeness (QED) is 0.295. The molecule has 0 radical (unpaired) electrons. The first-order valence-electron chi connectivity index (χ1n) is 12.3. The molecule has 4 nitrogen and oxygen atoms in total. The van der Waals surface area contributed by atoms with Crippen LogP contribution in [0.25, 0.3) is 0 Å². The molecule has 2 aliphatic heterocycles. The van der Waals surface area contributed by atoms with Crippen LogP contribution in [0.5, 0.6) is 11.5 Å². The number of nitrogens with zero attached hydrogens (tertiary/aromatic N) is 2. The summed E-state index contributed by atoms with van der Waals surface area (Å²) < 4.78 is 12.4. The van der Waals surface area contributed by atoms with Gasteiger partial charge in [0.1, 0.15) is 11.5 Å². The van der Waals surface area contributed by atoms with E-state index in [1.807, 2.05) is 36.4 Å². The number of halogens is 1. The van der Waals surface area contributed by atoms with E-state index in [4.69, 9.17) is 26.2 Å². The van der Waals surface area contributed by atoms with Crippen LogP contribution in [-0.2, 0) is 0 Å². The van der Waals surface area contributed by atoms with Crippen LogP contribution < -0.4 is 9.47 Å². The van der Waals surface area contributed by atoms with Gasteiger partial charge in [0.15, 0.2) is 0 Å². The van der Waals surface area contributed by atoms with Gasteiger partial charge in [0.2, 0.25) is 6.23 Å². The van der Waals surface area contributed by atoms with Crippen molar-refractivity contribution in [3.63, 3.8) is 0 Å². The predicted octanol–water partition coefficient (Wildman–Crippen LogP) is 7.93. The summed E-state index contributed by atoms with van der Waals surface area (Å²) >= 11 is 6.34. The van der Waals surface area contributed by atoms with E-state index in [-0.39, 0.29) is 12.3 Å². The lowest BCUT2D eigenvalue weighted by atomic mass is 9.96. The molecule has 0 spiro atoms. The third-order valence-electron chi connectivity index (χ3n) is 6.54. The lowest BCUT2D eigenvalue weighted by molar-refractivity contribution is -0.0190. The van der Waals surface area contributed by atoms with Crippen molar-refractivity contribution < 1.29 is 9.47 Å². The van der Waals surface area contributed by atoms with E-state index in [1.165, 1.54) is 25.7 Å². The number of benzene rings is 3. The number of hydrazone groups is 1. The van der Waals surface area contributed by atoms with Gasteiger partial charge in [-0.15, -0.1) is 0 Å². The first kappa shape index (κ1) is 22.8. The van der Waals surface area contributed by atoms with Crippen LogP contribution in [0.1, 0.15) is 74.4 Å². The van der Waals surface area contributed by atoms with Crippen LogP contribution in [0, 0.1) is 0 Å². The minimum atomic E-state index is -0.303. The number of rotatable bonds is 9. The summed E-state index contributed by atoms with van der Waals surface area (Å²) in [6.45, 7) is 3.00. The molecule has 0 N–H and O–H groups in total. The van der Waals surface area contributed by atoms with Crippen molar-refractivity contribution in [2.45, 2.75) is 57.7 Å². The van der Waals surface area contributed by atoms with Gasteiger partial charge < -0.3 is 9.47 Å². The first-order chi connectivity index (χ1) is 16.7. The third-order valence-corrected chi connectivity index (χ3v) is 6.78. The van der Waals surface area contributed by atoms with E-state index in [0.717, 1.165) is 53.3 Å². The van der Waals surface area contributed by atoms with Crippen molar-refractivity contribution in [3.8, 4) is 11.5 Å². The van der Waals surface area contributed by atoms with Crippen LogP contribution in [0.2, 0.25) is 5.02 Å². The van der Waals surface area contributed by atoms with Gasteiger partial charge in [0.05, 0.1) is 18.4 Å². The smallest absolute Gasteiger partial charge is 0.213 e. The topological polar surface area (TPSA) is 34.1 Å². The first-order valence-corrected chi connectivity index (χ1v) is 12.7. The Labute approximate surface area is 207 Å². The number of hydrogen-bond donors (Lipinski definition) is 0. The van der Waals surface area contributed by atoms with E-state index >= 15 is 0 Å². The van der Waals surface area contributed by atoms with Gasteiger partial charge in [-0.1, -0.05) is 74.5 Å². The molecule has 34 heavy (non-hydrogen) atoms. The fraction of sp³-hybridized carbons (Fsp3) is 0.345. The van der Waals surface area contributed by atoms with Crippen molar-refractivity contribution in [1.82, 2.24) is 5.01 Å². The molecule has 2 aliphatic rings. The Morgan fingerprint density at radius 2 is 1.76 bits per heavy atom. The Balaban J connectivity index is 1.35. The molecular weight excluding hydrogens is 444 g/mol. The van der Waals surface area contributed by atoms with Crippen molar-refractivity contribution >= 4 is 17.3 Å². The Morgan fingerprint density at radius 3 is 2.56 bits per heavy atom. The summed E-state index contributed by atoms with van der Waals surface area (Å²) in [4.78, 5) is 0. The molecule has 2 atom stereocenters. The molecule has 0 aliphatic carbocycles. The normalized spacial score (nSPS) is 18.6. The molecule has 0 fully saturated rings. The Morgan fingerprint density at radius 1 is 0.971 bits per heavy atom. The molecule has 5 rings (SSSR count). The highest BCUT2D eigenvalue weighted by Crippen LogP contribution is 2.48. The number of fused-ring (bicyclic) bond motifs is 3. The molecule has 2 heterocycles. The Bertz CT molecular complexity index is 1130. The van der Waals surface area contributed by atoms with Crippen LogP contribution >= 0.6 is 11.6 Å². The van der Waals surface area contributed by atoms with Crippen molar-refractivity contribution in [1.29, 1.82) is 0 Å². The zero-order chi connectivity index (χ0) is 23.3. The van der Waals surface area contributed by atoms with Crippen LogP contribution in [-0.4, -0.2) is 17.3 Å². The van der Waals surface area contributed by atoms with Gasteiger partial charge in [-0.2, -0.15) is 5.10 Å². The van der Waals surface area contributed by atoms with E-state index in [2.05, 4.69) is 48.3 Å². The lowest BCUT2D eigenvalue weighted by Gasteiger charge is -2.38. The van der Waals surface area contributed by atoms with Gasteiger partial charge in [-0.25, -0.2) is 5.01 Å². The molecule has 3 aromatic carbocycles. The SMILES string of the molecule is CCCCCCCOc1ccc(C2Oc3ccc(Cl)cc3C3CC(c4ccccc4)=NN32)cc1. The monoisotopic (exact) mass is 474 g/mol. The van der Waals surface area contributed by atoms with E-state index in [9.17, 15) is 0 Å². The largest absolute Gasteiger partial charge is 0.494 e. The second kappa shape index (κ2) is 10.5. The van der Waals surface area contributed by atoms with Crippen molar-refractivity contribution in [3.05, 3.63) is 94.5 Å². The maximum absolute atomic E-state index is 6.47. The molecule has 2 unspecified atom stereocenters. The number of hydrogen-bond acceptors (Lipinski definition) is 4. The van der Waals surface area contributed by atoms with Gasteiger partial charge in [0, 0.05) is 22.6 Å². The fourth-order valence-electron chi connectivity index (χ4n) is 4.71. The number of ether oxygens (including phenoxy) is 2. The minimum Gasteiger partial charge on any atom is -0.494 e. The van der Waals surface area contributed by atoms with Gasteiger partial charge in [0.25, 0.3) is 0 Å². The molecule has 0 aromatic heterocycles. The highest BCUT2D eigenvalue weighted by atomic mass is 35.5. The molecular formula is C29H31ClN2O2. The summed E-state index contributed by atoms with van der Waals surface area (Å²) in [6.07, 6.45) is 6.68. The van der Waals surface area contributed by atoms with Crippen LogP contribution in [0.15, 0.2) is 77.9 Å². The Hall–Kier alpha value is -2.98. The molecule has 0 bridgehead atoms. The highest BCUT2D eigenvalue weighted by molar-refractivity contribution is 6.30. The van der Waals surface area contributed by atoms with E-state index in [1.54, 1.807) is 0 Å². The van der Waals surface area contributed by atoms with E-state index < -0.39 is 0 Å². The summed E-state index contributed by atoms with van der Waals surface area (Å²) in [5, 5.41) is 7.83. The highest BCUT2D eigenvalue weighted by Gasteiger charge is 2.41. The second-order valence-corrected chi connectivity index (χ2v) is 9.43. The molecule has 0 saturated heterocycles. The summed E-state index contributed by atoms with van der Waals surface area (Å²) in [5.74, 6) is 1.77. The summed E-state index contributed by atoms with van der Waals surface area (Å²) in [6, 6.07) is 24.6. The average Bonchev–Trinajstić information content (AvgIpc) is 3.33. The summed E-state index contributed by atoms with van der Waals surface area (Å²) in [5.41, 5.74) is 4.34. The van der Waals surface area contributed by atoms with Gasteiger partial charge in [-0.05, 0) is 54.4 Å². The van der Waals surface area contributed by atoms with Crippen molar-refractivity contribution in [2.75, 3.05) is 6.61 Å². The standard InChI is InChI=1S/C29H31ClN2O2/c1-2-3-4-5-9-18-33-24-15-12-22(13-16-24)29-32-27(25-19-23(30)14-17-28(25)34-29)20-26(31-32)21-10-7-6-8-11-21/h6-8,10-17,19,27,29H,2-5,9,18,20H2,1H3. The lowest BCUT2D eigenvalue weighted by Crippen LogP contribution is -2.33. The fourth-order valence-corrected chi connectivity index (χ4v) is 4.89. The Kier molecular flexibility index (Phi) is 7.05.